The van der Waals surface area contributed by atoms with Crippen LogP contribution in [0.2, 0.25) is 0 Å². The van der Waals surface area contributed by atoms with Crippen LogP contribution >= 0.6 is 0 Å². The molecule has 0 bridgehead atoms. The Hall–Kier alpha value is -3.46. The van der Waals surface area contributed by atoms with E-state index in [2.05, 4.69) is 6.92 Å². The van der Waals surface area contributed by atoms with E-state index >= 15 is 0 Å². The molecule has 0 aromatic heterocycles. The summed E-state index contributed by atoms with van der Waals surface area (Å²) in [5.74, 6) is -1.67. The highest BCUT2D eigenvalue weighted by atomic mass is 19.1. The summed E-state index contributed by atoms with van der Waals surface area (Å²) in [6.07, 6.45) is 5.99. The Bertz CT molecular complexity index is 882. The number of hydrogen-bond donors (Lipinski definition) is 0. The van der Waals surface area contributed by atoms with E-state index < -0.39 is 17.8 Å². The molecule has 0 atom stereocenters. The van der Waals surface area contributed by atoms with E-state index in [0.29, 0.717) is 5.75 Å². The average molecular weight is 367 g/mol. The number of hydrogen-bond acceptors (Lipinski definition) is 5. The topological polar surface area (TPSA) is 76.4 Å². The first kappa shape index (κ1) is 19.9. The summed E-state index contributed by atoms with van der Waals surface area (Å²) in [5, 5.41) is 8.69. The number of carbonyl (C=O) groups excluding carboxylic acids is 2. The lowest BCUT2D eigenvalue weighted by atomic mass is 10.2. The number of benzene rings is 2. The molecule has 0 saturated carbocycles. The van der Waals surface area contributed by atoms with Crippen molar-refractivity contribution in [1.29, 1.82) is 5.26 Å². The molecular weight excluding hydrogens is 349 g/mol. The molecule has 0 fully saturated rings. The quantitative estimate of drug-likeness (QED) is 0.310. The largest absolute Gasteiger partial charge is 0.423 e. The summed E-state index contributed by atoms with van der Waals surface area (Å²) < 4.78 is 23.7. The second-order valence-corrected chi connectivity index (χ2v) is 5.63. The average Bonchev–Trinajstić information content (AvgIpc) is 2.66. The number of nitrogens with zero attached hydrogens (tertiary/aromatic N) is 1. The van der Waals surface area contributed by atoms with Crippen LogP contribution in [-0.4, -0.2) is 11.9 Å². The van der Waals surface area contributed by atoms with Gasteiger partial charge in [-0.15, -0.1) is 0 Å². The summed E-state index contributed by atoms with van der Waals surface area (Å²) in [5.41, 5.74) is 0.0720. The Morgan fingerprint density at radius 2 is 1.81 bits per heavy atom. The highest BCUT2D eigenvalue weighted by Crippen LogP contribution is 2.19. The molecule has 2 aromatic carbocycles. The first-order chi connectivity index (χ1) is 13.0. The normalized spacial score (nSPS) is 10.4. The zero-order valence-corrected chi connectivity index (χ0v) is 14.8. The number of rotatable bonds is 7. The van der Waals surface area contributed by atoms with Crippen LogP contribution in [-0.2, 0) is 4.79 Å². The highest BCUT2D eigenvalue weighted by molar-refractivity contribution is 5.91. The van der Waals surface area contributed by atoms with Crippen LogP contribution < -0.4 is 9.47 Å². The fourth-order valence-electron chi connectivity index (χ4n) is 2.13. The minimum absolute atomic E-state index is 0.00998. The van der Waals surface area contributed by atoms with Gasteiger partial charge in [-0.25, -0.2) is 14.0 Å². The van der Waals surface area contributed by atoms with Gasteiger partial charge in [0.05, 0.1) is 11.1 Å². The van der Waals surface area contributed by atoms with Gasteiger partial charge < -0.3 is 9.47 Å². The molecule has 0 radical (unpaired) electrons. The molecule has 0 saturated heterocycles. The van der Waals surface area contributed by atoms with Gasteiger partial charge in [-0.1, -0.05) is 25.8 Å². The van der Waals surface area contributed by atoms with Crippen molar-refractivity contribution in [2.45, 2.75) is 26.2 Å². The molecule has 0 unspecified atom stereocenters. The second-order valence-electron chi connectivity index (χ2n) is 5.63. The van der Waals surface area contributed by atoms with Crippen LogP contribution in [0.15, 0.2) is 54.6 Å². The smallest absolute Gasteiger partial charge is 0.343 e. The maximum absolute atomic E-state index is 13.5. The van der Waals surface area contributed by atoms with E-state index in [-0.39, 0.29) is 16.9 Å². The number of nitriles is 1. The Morgan fingerprint density at radius 3 is 2.44 bits per heavy atom. The molecule has 0 heterocycles. The third-order valence-corrected chi connectivity index (χ3v) is 3.56. The van der Waals surface area contributed by atoms with E-state index in [1.807, 2.05) is 0 Å². The number of allylic oxidation sites excluding steroid dienone is 1. The predicted molar refractivity (Wildman–Crippen MR) is 96.8 cm³/mol. The first-order valence-electron chi connectivity index (χ1n) is 8.43. The van der Waals surface area contributed by atoms with Crippen molar-refractivity contribution >= 4 is 11.9 Å². The van der Waals surface area contributed by atoms with Gasteiger partial charge in [0.15, 0.2) is 0 Å². The van der Waals surface area contributed by atoms with Crippen molar-refractivity contribution in [3.05, 3.63) is 71.6 Å². The highest BCUT2D eigenvalue weighted by Gasteiger charge is 2.11. The molecule has 2 aromatic rings. The minimum Gasteiger partial charge on any atom is -0.423 e. The van der Waals surface area contributed by atoms with Crippen LogP contribution in [0.5, 0.6) is 11.5 Å². The van der Waals surface area contributed by atoms with Crippen LogP contribution in [0.25, 0.3) is 0 Å². The Morgan fingerprint density at radius 1 is 1.11 bits per heavy atom. The SMILES string of the molecule is CCCC/C=C/C(=O)Oc1ccc(C(=O)Oc2ccc(C#N)c(F)c2)cc1. The molecular formula is C21H18FNO4. The Kier molecular flexibility index (Phi) is 7.26. The van der Waals surface area contributed by atoms with Gasteiger partial charge in [-0.2, -0.15) is 5.26 Å². The van der Waals surface area contributed by atoms with Gasteiger partial charge in [-0.05, 0) is 42.8 Å². The van der Waals surface area contributed by atoms with E-state index in [1.165, 1.54) is 42.5 Å². The lowest BCUT2D eigenvalue weighted by molar-refractivity contribution is -0.129. The van der Waals surface area contributed by atoms with Crippen molar-refractivity contribution in [3.8, 4) is 17.6 Å². The summed E-state index contributed by atoms with van der Waals surface area (Å²) in [7, 11) is 0. The maximum atomic E-state index is 13.5. The summed E-state index contributed by atoms with van der Waals surface area (Å²) in [4.78, 5) is 23.7. The molecule has 2 rings (SSSR count). The maximum Gasteiger partial charge on any atom is 0.343 e. The lowest BCUT2D eigenvalue weighted by Gasteiger charge is -2.06. The molecule has 0 N–H and O–H groups in total. The molecule has 0 aliphatic heterocycles. The van der Waals surface area contributed by atoms with Gasteiger partial charge in [0.1, 0.15) is 23.4 Å². The number of esters is 2. The van der Waals surface area contributed by atoms with E-state index in [9.17, 15) is 14.0 Å². The number of halogens is 1. The Labute approximate surface area is 156 Å². The monoisotopic (exact) mass is 367 g/mol. The molecule has 0 aliphatic rings. The van der Waals surface area contributed by atoms with Crippen LogP contribution in [0.1, 0.15) is 42.1 Å². The van der Waals surface area contributed by atoms with Gasteiger partial charge in [0.25, 0.3) is 0 Å². The molecule has 6 heteroatoms. The Balaban J connectivity index is 1.95. The number of ether oxygens (including phenoxy) is 2. The molecule has 0 spiro atoms. The fraction of sp³-hybridized carbons (Fsp3) is 0.190. The van der Waals surface area contributed by atoms with E-state index in [0.717, 1.165) is 25.3 Å². The van der Waals surface area contributed by atoms with Gasteiger partial charge in [0.2, 0.25) is 0 Å². The predicted octanol–water partition coefficient (Wildman–Crippen LogP) is 4.57. The van der Waals surface area contributed by atoms with Crippen molar-refractivity contribution in [2.75, 3.05) is 0 Å². The first-order valence-corrected chi connectivity index (χ1v) is 8.43. The third-order valence-electron chi connectivity index (χ3n) is 3.56. The van der Waals surface area contributed by atoms with Crippen molar-refractivity contribution in [2.24, 2.45) is 0 Å². The molecule has 0 amide bonds. The van der Waals surface area contributed by atoms with Crippen LogP contribution in [0, 0.1) is 17.1 Å². The zero-order valence-electron chi connectivity index (χ0n) is 14.8. The molecule has 0 aliphatic carbocycles. The molecule has 27 heavy (non-hydrogen) atoms. The number of unbranched alkanes of at least 4 members (excludes halogenated alkanes) is 2. The summed E-state index contributed by atoms with van der Waals surface area (Å²) in [6, 6.07) is 11.0. The fourth-order valence-corrected chi connectivity index (χ4v) is 2.13. The lowest BCUT2D eigenvalue weighted by Crippen LogP contribution is -2.09. The van der Waals surface area contributed by atoms with Gasteiger partial charge in [-0.3, -0.25) is 0 Å². The molecule has 138 valence electrons. The summed E-state index contributed by atoms with van der Waals surface area (Å²) in [6.45, 7) is 2.07. The second kappa shape index (κ2) is 9.88. The summed E-state index contributed by atoms with van der Waals surface area (Å²) >= 11 is 0. The van der Waals surface area contributed by atoms with Crippen LogP contribution in [0.4, 0.5) is 4.39 Å². The minimum atomic E-state index is -0.767. The van der Waals surface area contributed by atoms with E-state index in [1.54, 1.807) is 12.1 Å². The third kappa shape index (κ3) is 6.08. The van der Waals surface area contributed by atoms with E-state index in [4.69, 9.17) is 14.7 Å². The van der Waals surface area contributed by atoms with Crippen molar-refractivity contribution in [3.63, 3.8) is 0 Å². The van der Waals surface area contributed by atoms with Crippen LogP contribution in [0.3, 0.4) is 0 Å². The van der Waals surface area contributed by atoms with Crippen molar-refractivity contribution in [1.82, 2.24) is 0 Å². The zero-order chi connectivity index (χ0) is 19.6. The molecule has 5 nitrogen and oxygen atoms in total. The standard InChI is InChI=1S/C21H18FNO4/c1-2-3-4-5-6-20(24)26-17-10-7-15(8-11-17)21(25)27-18-12-9-16(14-23)19(22)13-18/h5-13H,2-4H2,1H3/b6-5+. The van der Waals surface area contributed by atoms with Crippen molar-refractivity contribution < 1.29 is 23.5 Å². The number of carbonyl (C=O) groups is 2. The van der Waals surface area contributed by atoms with Gasteiger partial charge in [0, 0.05) is 12.1 Å². The van der Waals surface area contributed by atoms with Gasteiger partial charge >= 0.3 is 11.9 Å².